The summed E-state index contributed by atoms with van der Waals surface area (Å²) in [5.74, 6) is 1.86. The molecule has 3 rings (SSSR count). The molecular weight excluding hydrogens is 264 g/mol. The number of carbonyl (C=O) groups is 1. The Balaban J connectivity index is 1.58. The van der Waals surface area contributed by atoms with Gasteiger partial charge in [-0.2, -0.15) is 0 Å². The Morgan fingerprint density at radius 3 is 3.05 bits per heavy atom. The molecule has 3 fully saturated rings. The van der Waals surface area contributed by atoms with Crippen molar-refractivity contribution in [2.75, 3.05) is 26.2 Å². The second-order valence-electron chi connectivity index (χ2n) is 7.57. The average molecular weight is 294 g/mol. The molecule has 1 aliphatic carbocycles. The molecule has 0 radical (unpaired) electrons. The van der Waals surface area contributed by atoms with E-state index < -0.39 is 0 Å². The predicted octanol–water partition coefficient (Wildman–Crippen LogP) is 1.94. The van der Waals surface area contributed by atoms with Crippen molar-refractivity contribution >= 4 is 5.91 Å². The molecule has 0 spiro atoms. The maximum absolute atomic E-state index is 12.8. The summed E-state index contributed by atoms with van der Waals surface area (Å²) in [6.45, 7) is 7.95. The molecule has 0 aromatic heterocycles. The third-order valence-corrected chi connectivity index (χ3v) is 5.94. The fourth-order valence-electron chi connectivity index (χ4n) is 4.70. The predicted molar refractivity (Wildman–Crippen MR) is 83.0 cm³/mol. The molecule has 4 atom stereocenters. The lowest BCUT2D eigenvalue weighted by atomic mass is 9.67. The molecular formula is C17H30N2O2. The zero-order valence-corrected chi connectivity index (χ0v) is 13.5. The fourth-order valence-corrected chi connectivity index (χ4v) is 4.70. The first-order chi connectivity index (χ1) is 10.1. The van der Waals surface area contributed by atoms with Crippen molar-refractivity contribution in [3.63, 3.8) is 0 Å². The number of rotatable bonds is 4. The summed E-state index contributed by atoms with van der Waals surface area (Å²) in [6.07, 6.45) is 6.15. The van der Waals surface area contributed by atoms with Crippen molar-refractivity contribution in [1.82, 2.24) is 10.6 Å². The Morgan fingerprint density at radius 2 is 2.24 bits per heavy atom. The Labute approximate surface area is 128 Å². The van der Waals surface area contributed by atoms with Crippen LogP contribution in [-0.2, 0) is 9.53 Å². The smallest absolute Gasteiger partial charge is 0.227 e. The minimum atomic E-state index is -0.120. The summed E-state index contributed by atoms with van der Waals surface area (Å²) in [4.78, 5) is 12.8. The van der Waals surface area contributed by atoms with Crippen LogP contribution in [0.25, 0.3) is 0 Å². The molecule has 3 aliphatic rings. The molecule has 21 heavy (non-hydrogen) atoms. The zero-order chi connectivity index (χ0) is 14.9. The Morgan fingerprint density at radius 1 is 1.38 bits per heavy atom. The first-order valence-corrected chi connectivity index (χ1v) is 8.74. The number of nitrogens with one attached hydrogen (secondary N) is 2. The highest BCUT2D eigenvalue weighted by molar-refractivity contribution is 5.83. The van der Waals surface area contributed by atoms with Gasteiger partial charge in [-0.3, -0.25) is 4.79 Å². The van der Waals surface area contributed by atoms with Gasteiger partial charge in [0, 0.05) is 25.6 Å². The Hall–Kier alpha value is -0.610. The van der Waals surface area contributed by atoms with Crippen LogP contribution in [0.2, 0.25) is 0 Å². The number of hydrogen-bond acceptors (Lipinski definition) is 3. The molecule has 4 heteroatoms. The lowest BCUT2D eigenvalue weighted by molar-refractivity contribution is -0.134. The van der Waals surface area contributed by atoms with Gasteiger partial charge in [0.05, 0.1) is 11.5 Å². The van der Waals surface area contributed by atoms with E-state index in [1.165, 1.54) is 19.3 Å². The number of ether oxygens (including phenoxy) is 1. The van der Waals surface area contributed by atoms with E-state index in [-0.39, 0.29) is 5.41 Å². The molecule has 0 aromatic rings. The normalized spacial score (nSPS) is 39.5. The largest absolute Gasteiger partial charge is 0.378 e. The van der Waals surface area contributed by atoms with Crippen molar-refractivity contribution in [3.05, 3.63) is 0 Å². The van der Waals surface area contributed by atoms with Gasteiger partial charge in [0.15, 0.2) is 0 Å². The van der Waals surface area contributed by atoms with Crippen LogP contribution in [0.5, 0.6) is 0 Å². The van der Waals surface area contributed by atoms with E-state index in [1.54, 1.807) is 0 Å². The van der Waals surface area contributed by atoms with Gasteiger partial charge in [0.1, 0.15) is 0 Å². The van der Waals surface area contributed by atoms with E-state index >= 15 is 0 Å². The quantitative estimate of drug-likeness (QED) is 0.833. The highest BCUT2D eigenvalue weighted by atomic mass is 16.5. The first-order valence-electron chi connectivity index (χ1n) is 8.74. The molecule has 0 aromatic carbocycles. The van der Waals surface area contributed by atoms with E-state index in [1.807, 2.05) is 0 Å². The number of hydrogen-bond donors (Lipinski definition) is 2. The summed E-state index contributed by atoms with van der Waals surface area (Å²) in [7, 11) is 0. The molecule has 2 saturated heterocycles. The van der Waals surface area contributed by atoms with Gasteiger partial charge in [0.25, 0.3) is 0 Å². The van der Waals surface area contributed by atoms with Crippen LogP contribution in [0, 0.1) is 23.2 Å². The molecule has 4 nitrogen and oxygen atoms in total. The minimum absolute atomic E-state index is 0.120. The SMILES string of the molecule is CC(C)C1OCCC1CNC(=O)[C@@]12CCCC[C@H]1CNC2. The average Bonchev–Trinajstić information content (AvgIpc) is 3.11. The fraction of sp³-hybridized carbons (Fsp3) is 0.941. The van der Waals surface area contributed by atoms with Crippen LogP contribution < -0.4 is 10.6 Å². The lowest BCUT2D eigenvalue weighted by Crippen LogP contribution is -2.49. The summed E-state index contributed by atoms with van der Waals surface area (Å²) in [5, 5.41) is 6.74. The number of fused-ring (bicyclic) bond motifs is 1. The number of amides is 1. The number of carbonyl (C=O) groups excluding carboxylic acids is 1. The monoisotopic (exact) mass is 294 g/mol. The Kier molecular flexibility index (Phi) is 4.55. The van der Waals surface area contributed by atoms with Crippen molar-refractivity contribution in [2.45, 2.75) is 52.1 Å². The van der Waals surface area contributed by atoms with Crippen LogP contribution in [0.4, 0.5) is 0 Å². The first kappa shape index (κ1) is 15.3. The van der Waals surface area contributed by atoms with Gasteiger partial charge in [-0.05, 0) is 37.6 Å². The van der Waals surface area contributed by atoms with E-state index in [0.29, 0.717) is 29.8 Å². The van der Waals surface area contributed by atoms with E-state index in [0.717, 1.165) is 39.1 Å². The summed E-state index contributed by atoms with van der Waals surface area (Å²) >= 11 is 0. The van der Waals surface area contributed by atoms with Crippen molar-refractivity contribution in [3.8, 4) is 0 Å². The molecule has 2 aliphatic heterocycles. The van der Waals surface area contributed by atoms with Crippen LogP contribution in [0.15, 0.2) is 0 Å². The third-order valence-electron chi connectivity index (χ3n) is 5.94. The highest BCUT2D eigenvalue weighted by Gasteiger charge is 2.49. The van der Waals surface area contributed by atoms with Gasteiger partial charge in [0.2, 0.25) is 5.91 Å². The van der Waals surface area contributed by atoms with Crippen molar-refractivity contribution in [2.24, 2.45) is 23.2 Å². The topological polar surface area (TPSA) is 50.4 Å². The molecule has 2 N–H and O–H groups in total. The van der Waals surface area contributed by atoms with Crippen LogP contribution in [0.1, 0.15) is 46.0 Å². The second kappa shape index (κ2) is 6.25. The molecule has 2 unspecified atom stereocenters. The highest BCUT2D eigenvalue weighted by Crippen LogP contribution is 2.44. The summed E-state index contributed by atoms with van der Waals surface area (Å²) < 4.78 is 5.83. The molecule has 2 heterocycles. The maximum atomic E-state index is 12.8. The minimum Gasteiger partial charge on any atom is -0.378 e. The second-order valence-corrected chi connectivity index (χ2v) is 7.57. The van der Waals surface area contributed by atoms with Gasteiger partial charge in [-0.1, -0.05) is 26.7 Å². The van der Waals surface area contributed by atoms with Gasteiger partial charge in [-0.15, -0.1) is 0 Å². The van der Waals surface area contributed by atoms with Crippen molar-refractivity contribution in [1.29, 1.82) is 0 Å². The molecule has 1 saturated carbocycles. The van der Waals surface area contributed by atoms with Gasteiger partial charge < -0.3 is 15.4 Å². The summed E-state index contributed by atoms with van der Waals surface area (Å²) in [5.41, 5.74) is -0.120. The molecule has 120 valence electrons. The summed E-state index contributed by atoms with van der Waals surface area (Å²) in [6, 6.07) is 0. The maximum Gasteiger partial charge on any atom is 0.227 e. The lowest BCUT2D eigenvalue weighted by Gasteiger charge is -2.37. The molecule has 0 bridgehead atoms. The van der Waals surface area contributed by atoms with Crippen LogP contribution >= 0.6 is 0 Å². The van der Waals surface area contributed by atoms with Gasteiger partial charge in [-0.25, -0.2) is 0 Å². The van der Waals surface area contributed by atoms with E-state index in [9.17, 15) is 4.79 Å². The Bertz CT molecular complexity index is 385. The van der Waals surface area contributed by atoms with E-state index in [2.05, 4.69) is 24.5 Å². The van der Waals surface area contributed by atoms with Crippen molar-refractivity contribution < 1.29 is 9.53 Å². The zero-order valence-electron chi connectivity index (χ0n) is 13.5. The third kappa shape index (κ3) is 2.85. The van der Waals surface area contributed by atoms with Gasteiger partial charge >= 0.3 is 0 Å². The van der Waals surface area contributed by atoms with Crippen LogP contribution in [-0.4, -0.2) is 38.3 Å². The van der Waals surface area contributed by atoms with Crippen LogP contribution in [0.3, 0.4) is 0 Å². The standard InChI is InChI=1S/C17H30N2O2/c1-12(2)15-13(6-8-21-15)9-19-16(20)17-7-4-3-5-14(17)10-18-11-17/h12-15,18H,3-11H2,1-2H3,(H,19,20)/t13?,14-,15?,17+/m0/s1. The van der Waals surface area contributed by atoms with E-state index in [4.69, 9.17) is 4.74 Å². The molecule has 1 amide bonds.